The lowest BCUT2D eigenvalue weighted by atomic mass is 10.1. The number of rotatable bonds is 6. The van der Waals surface area contributed by atoms with Crippen molar-refractivity contribution in [1.82, 2.24) is 24.4 Å². The van der Waals surface area contributed by atoms with Crippen LogP contribution in [0.4, 0.5) is 16.0 Å². The summed E-state index contributed by atoms with van der Waals surface area (Å²) in [6.45, 7) is 2.42. The second-order valence-electron chi connectivity index (χ2n) is 9.38. The van der Waals surface area contributed by atoms with E-state index in [2.05, 4.69) is 9.97 Å². The van der Waals surface area contributed by atoms with Crippen molar-refractivity contribution in [3.63, 3.8) is 0 Å². The molecule has 0 fully saturated rings. The van der Waals surface area contributed by atoms with Gasteiger partial charge < -0.3 is 14.7 Å². The van der Waals surface area contributed by atoms with Crippen LogP contribution in [0, 0.1) is 5.82 Å². The van der Waals surface area contributed by atoms with Gasteiger partial charge in [-0.05, 0) is 36.8 Å². The van der Waals surface area contributed by atoms with Gasteiger partial charge in [-0.15, -0.1) is 0 Å². The Kier molecular flexibility index (Phi) is 6.75. The summed E-state index contributed by atoms with van der Waals surface area (Å²) in [5.74, 6) is 0.652. The van der Waals surface area contributed by atoms with Crippen molar-refractivity contribution in [3.05, 3.63) is 81.4 Å². The minimum absolute atomic E-state index is 0.198. The summed E-state index contributed by atoms with van der Waals surface area (Å²) < 4.78 is 15.8. The van der Waals surface area contributed by atoms with E-state index in [1.807, 2.05) is 30.8 Å². The van der Waals surface area contributed by atoms with E-state index in [-0.39, 0.29) is 16.3 Å². The molecular formula is C27H27ClFN7O2. The molecule has 0 saturated carbocycles. The zero-order chi connectivity index (χ0) is 27.1. The molecule has 1 aliphatic heterocycles. The number of aromatic nitrogens is 4. The molecule has 1 amide bonds. The van der Waals surface area contributed by atoms with E-state index >= 15 is 0 Å². The second kappa shape index (κ2) is 10.0. The zero-order valence-electron chi connectivity index (χ0n) is 21.5. The minimum Gasteiger partial charge on any atom is -0.349 e. The third-order valence-electron chi connectivity index (χ3n) is 6.75. The lowest BCUT2D eigenvalue weighted by Crippen LogP contribution is -2.44. The molecule has 0 N–H and O–H groups in total. The highest BCUT2D eigenvalue weighted by Gasteiger charge is 2.34. The molecule has 4 aromatic rings. The average molecular weight is 536 g/mol. The molecule has 9 nitrogen and oxygen atoms in total. The smallest absolute Gasteiger partial charge is 0.267 e. The summed E-state index contributed by atoms with van der Waals surface area (Å²) in [4.78, 5) is 46.3. The first-order valence-corrected chi connectivity index (χ1v) is 12.6. The molecule has 0 radical (unpaired) electrons. The number of hydrogen-bond acceptors (Lipinski definition) is 7. The third kappa shape index (κ3) is 4.24. The molecule has 0 spiro atoms. The summed E-state index contributed by atoms with van der Waals surface area (Å²) in [5.41, 5.74) is 0.723. The van der Waals surface area contributed by atoms with Crippen LogP contribution in [0.2, 0.25) is 5.02 Å². The van der Waals surface area contributed by atoms with Gasteiger partial charge in [-0.3, -0.25) is 14.2 Å². The molecule has 1 atom stereocenters. The van der Waals surface area contributed by atoms with E-state index in [1.165, 1.54) is 23.0 Å². The van der Waals surface area contributed by atoms with E-state index in [0.29, 0.717) is 47.3 Å². The molecule has 11 heteroatoms. The molecule has 2 aromatic heterocycles. The van der Waals surface area contributed by atoms with E-state index in [1.54, 1.807) is 42.3 Å². The van der Waals surface area contributed by atoms with E-state index in [4.69, 9.17) is 16.6 Å². The van der Waals surface area contributed by atoms with E-state index in [9.17, 15) is 14.0 Å². The number of halogens is 2. The molecule has 2 aromatic carbocycles. The van der Waals surface area contributed by atoms with Crippen molar-refractivity contribution < 1.29 is 9.18 Å². The lowest BCUT2D eigenvalue weighted by Gasteiger charge is -2.36. The first kappa shape index (κ1) is 25.6. The molecule has 196 valence electrons. The van der Waals surface area contributed by atoms with Gasteiger partial charge in [-0.1, -0.05) is 37.1 Å². The highest BCUT2D eigenvalue weighted by Crippen LogP contribution is 2.36. The first-order chi connectivity index (χ1) is 18.2. The Hall–Kier alpha value is -4.05. The Balaban J connectivity index is 1.78. The van der Waals surface area contributed by atoms with Gasteiger partial charge in [-0.25, -0.2) is 19.3 Å². The molecule has 38 heavy (non-hydrogen) atoms. The number of carbonyl (C=O) groups is 1. The van der Waals surface area contributed by atoms with Gasteiger partial charge in [0.05, 0.1) is 34.3 Å². The highest BCUT2D eigenvalue weighted by molar-refractivity contribution is 6.35. The maximum Gasteiger partial charge on any atom is 0.267 e. The van der Waals surface area contributed by atoms with Crippen molar-refractivity contribution in [3.8, 4) is 5.69 Å². The number of benzene rings is 2. The SMILES string of the molecule is CCCC(c1nc2cccc(Cl)c2c(=O)n1-c1cccc(F)c1)N(C)c1ncnc2c1C(=O)N(C)CN2C. The molecule has 5 rings (SSSR count). The predicted molar refractivity (Wildman–Crippen MR) is 146 cm³/mol. The predicted octanol–water partition coefficient (Wildman–Crippen LogP) is 4.43. The Morgan fingerprint density at radius 3 is 2.61 bits per heavy atom. The fraction of sp³-hybridized carbons (Fsp3) is 0.296. The van der Waals surface area contributed by atoms with Gasteiger partial charge in [0.2, 0.25) is 0 Å². The largest absolute Gasteiger partial charge is 0.349 e. The van der Waals surface area contributed by atoms with Crippen LogP contribution in [0.25, 0.3) is 16.6 Å². The van der Waals surface area contributed by atoms with Gasteiger partial charge in [0.25, 0.3) is 11.5 Å². The number of nitrogens with zero attached hydrogens (tertiary/aromatic N) is 7. The molecule has 0 bridgehead atoms. The van der Waals surface area contributed by atoms with Crippen LogP contribution in [0.3, 0.4) is 0 Å². The highest BCUT2D eigenvalue weighted by atomic mass is 35.5. The van der Waals surface area contributed by atoms with Gasteiger partial charge in [0.15, 0.2) is 0 Å². The molecule has 1 unspecified atom stereocenters. The van der Waals surface area contributed by atoms with Crippen molar-refractivity contribution in [2.24, 2.45) is 0 Å². The van der Waals surface area contributed by atoms with Crippen LogP contribution < -0.4 is 15.4 Å². The monoisotopic (exact) mass is 535 g/mol. The van der Waals surface area contributed by atoms with Crippen molar-refractivity contribution in [2.75, 3.05) is 37.6 Å². The number of anilines is 2. The normalized spacial score (nSPS) is 14.1. The number of carbonyl (C=O) groups excluding carboxylic acids is 1. The summed E-state index contributed by atoms with van der Waals surface area (Å²) in [7, 11) is 5.39. The van der Waals surface area contributed by atoms with Crippen molar-refractivity contribution in [2.45, 2.75) is 25.8 Å². The second-order valence-corrected chi connectivity index (χ2v) is 9.79. The van der Waals surface area contributed by atoms with Crippen LogP contribution in [-0.2, 0) is 0 Å². The Labute approximate surface area is 224 Å². The van der Waals surface area contributed by atoms with Crippen LogP contribution in [0.5, 0.6) is 0 Å². The van der Waals surface area contributed by atoms with Gasteiger partial charge in [0, 0.05) is 21.1 Å². The average Bonchev–Trinajstić information content (AvgIpc) is 2.89. The lowest BCUT2D eigenvalue weighted by molar-refractivity contribution is 0.0783. The fourth-order valence-corrected chi connectivity index (χ4v) is 5.22. The van der Waals surface area contributed by atoms with Gasteiger partial charge in [0.1, 0.15) is 35.2 Å². The number of fused-ring (bicyclic) bond motifs is 2. The summed E-state index contributed by atoms with van der Waals surface area (Å²) in [6.07, 6.45) is 2.74. The molecule has 0 saturated heterocycles. The summed E-state index contributed by atoms with van der Waals surface area (Å²) >= 11 is 6.43. The van der Waals surface area contributed by atoms with Crippen molar-refractivity contribution >= 4 is 40.0 Å². The van der Waals surface area contributed by atoms with Crippen LogP contribution >= 0.6 is 11.6 Å². The topological polar surface area (TPSA) is 87.5 Å². The summed E-state index contributed by atoms with van der Waals surface area (Å²) in [6, 6.07) is 10.4. The zero-order valence-corrected chi connectivity index (χ0v) is 22.3. The quantitative estimate of drug-likeness (QED) is 0.361. The van der Waals surface area contributed by atoms with Gasteiger partial charge in [-0.2, -0.15) is 0 Å². The molecule has 1 aliphatic rings. The van der Waals surface area contributed by atoms with Crippen LogP contribution in [0.1, 0.15) is 42.0 Å². The molecule has 3 heterocycles. The Bertz CT molecular complexity index is 1610. The van der Waals surface area contributed by atoms with E-state index < -0.39 is 17.4 Å². The van der Waals surface area contributed by atoms with Crippen molar-refractivity contribution in [1.29, 1.82) is 0 Å². The van der Waals surface area contributed by atoms with Gasteiger partial charge >= 0.3 is 0 Å². The molecule has 0 aliphatic carbocycles. The van der Waals surface area contributed by atoms with Crippen LogP contribution in [0.15, 0.2) is 53.6 Å². The summed E-state index contributed by atoms with van der Waals surface area (Å²) in [5, 5.41) is 0.511. The van der Waals surface area contributed by atoms with Crippen LogP contribution in [-0.4, -0.2) is 58.1 Å². The maximum atomic E-state index is 14.4. The molecular weight excluding hydrogens is 509 g/mol. The standard InChI is InChI=1S/C27H27ClFN7O2/c1-5-8-20(35(4)25-22-24(30-14-31-25)33(2)15-34(3)26(22)37)23-32-19-12-7-11-18(28)21(19)27(38)36(23)17-10-6-9-16(29)13-17/h6-7,9-14,20H,5,8,15H2,1-4H3. The fourth-order valence-electron chi connectivity index (χ4n) is 4.97. The third-order valence-corrected chi connectivity index (χ3v) is 7.07. The first-order valence-electron chi connectivity index (χ1n) is 12.2. The number of hydrogen-bond donors (Lipinski definition) is 0. The maximum absolute atomic E-state index is 14.4. The Morgan fingerprint density at radius 1 is 1.11 bits per heavy atom. The minimum atomic E-state index is -0.497. The number of amides is 1. The Morgan fingerprint density at radius 2 is 1.87 bits per heavy atom. The van der Waals surface area contributed by atoms with E-state index in [0.717, 1.165) is 6.42 Å².